The van der Waals surface area contributed by atoms with Crippen LogP contribution in [-0.2, 0) is 20.0 Å². The molecule has 0 aliphatic carbocycles. The number of sulfonamides is 2. The van der Waals surface area contributed by atoms with E-state index in [0.29, 0.717) is 12.8 Å². The number of likely N-dealkylation sites (tertiary alicyclic amines) is 1. The SMILES string of the molecule is C[N+]1(CC(O)=[N+](S(=O)(=O)C(F)(F)F)S(=O)(=O)C(F)(F)F)CCCCC1. The lowest BCUT2D eigenvalue weighted by molar-refractivity contribution is -0.907. The Morgan fingerprint density at radius 3 is 1.60 bits per heavy atom. The summed E-state index contributed by atoms with van der Waals surface area (Å²) in [5, 5.41) is 9.69. The third kappa shape index (κ3) is 4.36. The van der Waals surface area contributed by atoms with E-state index in [2.05, 4.69) is 0 Å². The molecule has 0 atom stereocenters. The van der Waals surface area contributed by atoms with Gasteiger partial charge in [0.2, 0.25) is 6.54 Å². The fourth-order valence-corrected chi connectivity index (χ4v) is 5.01. The van der Waals surface area contributed by atoms with E-state index < -0.39 is 46.9 Å². The van der Waals surface area contributed by atoms with Gasteiger partial charge in [-0.3, -0.25) is 0 Å². The first-order valence-corrected chi connectivity index (χ1v) is 9.65. The number of likely N-dealkylation sites (N-methyl/N-ethyl adjacent to an activating group) is 1. The van der Waals surface area contributed by atoms with Crippen molar-refractivity contribution in [3.8, 4) is 0 Å². The maximum absolute atomic E-state index is 12.6. The molecule has 7 nitrogen and oxygen atoms in total. The molecule has 1 N–H and O–H groups in total. The van der Waals surface area contributed by atoms with Crippen LogP contribution in [0.1, 0.15) is 19.3 Å². The van der Waals surface area contributed by atoms with Gasteiger partial charge in [-0.05, 0) is 19.3 Å². The number of nitrogens with zero attached hydrogens (tertiary/aromatic N) is 2. The molecular weight excluding hydrogens is 406 g/mol. The highest BCUT2D eigenvalue weighted by Gasteiger charge is 2.69. The molecule has 0 aromatic rings. The zero-order valence-corrected chi connectivity index (χ0v) is 14.4. The molecule has 0 aromatic heterocycles. The largest absolute Gasteiger partial charge is 0.561 e. The molecule has 1 heterocycles. The Bertz CT molecular complexity index is 702. The minimum atomic E-state index is -7.03. The van der Waals surface area contributed by atoms with Crippen LogP contribution < -0.4 is 0 Å². The van der Waals surface area contributed by atoms with Crippen LogP contribution in [-0.4, -0.2) is 73.4 Å². The van der Waals surface area contributed by atoms with Crippen molar-refractivity contribution in [3.05, 3.63) is 0 Å². The van der Waals surface area contributed by atoms with Crippen molar-refractivity contribution < 1.29 is 56.2 Å². The summed E-state index contributed by atoms with van der Waals surface area (Å²) in [6, 6.07) is 0. The van der Waals surface area contributed by atoms with Gasteiger partial charge in [0, 0.05) is 0 Å². The summed E-state index contributed by atoms with van der Waals surface area (Å²) < 4.78 is 119. The van der Waals surface area contributed by atoms with Crippen LogP contribution in [0, 0.1) is 0 Å². The number of quaternary nitrogens is 1. The van der Waals surface area contributed by atoms with Gasteiger partial charge in [0.25, 0.3) is 0 Å². The predicted molar refractivity (Wildman–Crippen MR) is 72.5 cm³/mol. The molecular formula is C10H16F6N2O5S2+2. The second-order valence-electron chi connectivity index (χ2n) is 5.80. The van der Waals surface area contributed by atoms with E-state index in [4.69, 9.17) is 0 Å². The van der Waals surface area contributed by atoms with Crippen molar-refractivity contribution in [2.24, 2.45) is 0 Å². The first-order chi connectivity index (χ1) is 11.0. The summed E-state index contributed by atoms with van der Waals surface area (Å²) in [6.45, 7) is -0.587. The van der Waals surface area contributed by atoms with Crippen molar-refractivity contribution >= 4 is 25.9 Å². The smallest absolute Gasteiger partial charge is 0.457 e. The zero-order chi connectivity index (χ0) is 19.9. The normalized spacial score (nSPS) is 19.5. The van der Waals surface area contributed by atoms with Gasteiger partial charge < -0.3 is 9.59 Å². The van der Waals surface area contributed by atoms with E-state index in [1.807, 2.05) is 0 Å². The van der Waals surface area contributed by atoms with Crippen LogP contribution in [0.5, 0.6) is 0 Å². The van der Waals surface area contributed by atoms with E-state index in [1.54, 1.807) is 0 Å². The Morgan fingerprint density at radius 2 is 1.28 bits per heavy atom. The zero-order valence-electron chi connectivity index (χ0n) is 12.8. The number of hydrogen-bond acceptors (Lipinski definition) is 4. The van der Waals surface area contributed by atoms with Crippen molar-refractivity contribution in [1.29, 1.82) is 0 Å². The topological polar surface area (TPSA) is 91.5 Å². The van der Waals surface area contributed by atoms with E-state index in [9.17, 15) is 48.3 Å². The molecule has 1 rings (SSSR count). The lowest BCUT2D eigenvalue weighted by Crippen LogP contribution is -2.55. The van der Waals surface area contributed by atoms with Crippen LogP contribution in [0.15, 0.2) is 0 Å². The molecule has 0 radical (unpaired) electrons. The second kappa shape index (κ2) is 6.57. The quantitative estimate of drug-likeness (QED) is 0.242. The summed E-state index contributed by atoms with van der Waals surface area (Å²) in [5.41, 5.74) is -12.7. The van der Waals surface area contributed by atoms with Crippen LogP contribution in [0.25, 0.3) is 0 Å². The van der Waals surface area contributed by atoms with Crippen LogP contribution in [0.3, 0.4) is 0 Å². The molecule has 1 aliphatic heterocycles. The van der Waals surface area contributed by atoms with Gasteiger partial charge in [-0.15, -0.1) is 0 Å². The average Bonchev–Trinajstić information content (AvgIpc) is 2.35. The maximum Gasteiger partial charge on any atom is 0.561 e. The fourth-order valence-electron chi connectivity index (χ4n) is 2.43. The molecule has 25 heavy (non-hydrogen) atoms. The third-order valence-corrected chi connectivity index (χ3v) is 7.29. The third-order valence-electron chi connectivity index (χ3n) is 3.65. The average molecular weight is 422 g/mol. The lowest BCUT2D eigenvalue weighted by atomic mass is 10.1. The van der Waals surface area contributed by atoms with E-state index >= 15 is 0 Å². The summed E-state index contributed by atoms with van der Waals surface area (Å²) in [5.74, 6) is -2.06. The highest BCUT2D eigenvalue weighted by atomic mass is 32.3. The fraction of sp³-hybridized carbons (Fsp3) is 0.900. The molecule has 0 bridgehead atoms. The molecule has 0 amide bonds. The minimum Gasteiger partial charge on any atom is -0.457 e. The lowest BCUT2D eigenvalue weighted by Gasteiger charge is -2.35. The van der Waals surface area contributed by atoms with E-state index in [0.717, 1.165) is 6.42 Å². The Kier molecular flexibility index (Phi) is 5.77. The second-order valence-corrected chi connectivity index (χ2v) is 9.59. The molecule has 1 saturated heterocycles. The molecule has 0 saturated carbocycles. The number of halogens is 6. The number of rotatable bonds is 4. The molecule has 1 fully saturated rings. The molecule has 15 heteroatoms. The van der Waals surface area contributed by atoms with Gasteiger partial charge in [0.15, 0.2) is 0 Å². The van der Waals surface area contributed by atoms with Crippen LogP contribution >= 0.6 is 0 Å². The number of aliphatic hydroxyl groups excluding tert-OH is 1. The van der Waals surface area contributed by atoms with Crippen LogP contribution in [0.2, 0.25) is 0 Å². The molecule has 0 spiro atoms. The van der Waals surface area contributed by atoms with Crippen molar-refractivity contribution in [3.63, 3.8) is 0 Å². The van der Waals surface area contributed by atoms with Crippen molar-refractivity contribution in [1.82, 2.24) is 0 Å². The number of piperidine rings is 1. The highest BCUT2D eigenvalue weighted by molar-refractivity contribution is 7.98. The van der Waals surface area contributed by atoms with E-state index in [-0.39, 0.29) is 17.6 Å². The van der Waals surface area contributed by atoms with Crippen molar-refractivity contribution in [2.75, 3.05) is 26.7 Å². The maximum atomic E-state index is 12.6. The monoisotopic (exact) mass is 422 g/mol. The number of aliphatic hydroxyl groups is 1. The van der Waals surface area contributed by atoms with Gasteiger partial charge in [0.05, 0.1) is 23.5 Å². The van der Waals surface area contributed by atoms with Gasteiger partial charge in [-0.2, -0.15) is 43.2 Å². The highest BCUT2D eigenvalue weighted by Crippen LogP contribution is 2.32. The van der Waals surface area contributed by atoms with Gasteiger partial charge in [0.1, 0.15) is 0 Å². The van der Waals surface area contributed by atoms with Crippen molar-refractivity contribution in [2.45, 2.75) is 30.3 Å². The number of alkyl halides is 6. The van der Waals surface area contributed by atoms with Gasteiger partial charge >= 0.3 is 37.0 Å². The Morgan fingerprint density at radius 1 is 0.920 bits per heavy atom. The summed E-state index contributed by atoms with van der Waals surface area (Å²) >= 11 is 0. The summed E-state index contributed by atoms with van der Waals surface area (Å²) in [6.07, 6.45) is 1.80. The Hall–Kier alpha value is -1.09. The van der Waals surface area contributed by atoms with Gasteiger partial charge in [-0.1, -0.05) is 0 Å². The molecule has 0 aromatic carbocycles. The molecule has 1 aliphatic rings. The summed E-state index contributed by atoms with van der Waals surface area (Å²) in [4.78, 5) is 0. The molecule has 148 valence electrons. The first-order valence-electron chi connectivity index (χ1n) is 6.77. The Balaban J connectivity index is 3.62. The summed E-state index contributed by atoms with van der Waals surface area (Å²) in [7, 11) is -12.7. The Labute approximate surface area is 139 Å². The minimum absolute atomic E-state index is 0.218. The standard InChI is InChI=1S/C10H15F6N2O5S2/c1-18(5-3-2-4-6-18)7-8(19)17(24(20,21)9(11,12)13)25(22,23)10(14,15)16/h2-7H2,1H3/q+1/p+1. The molecule has 0 unspecified atom stereocenters. The van der Waals surface area contributed by atoms with Crippen LogP contribution in [0.4, 0.5) is 26.3 Å². The van der Waals surface area contributed by atoms with Gasteiger partial charge in [-0.25, -0.2) is 0 Å². The first kappa shape index (κ1) is 22.0. The van der Waals surface area contributed by atoms with E-state index in [1.165, 1.54) is 7.05 Å². The number of hydrogen-bond donors (Lipinski definition) is 1. The predicted octanol–water partition coefficient (Wildman–Crippen LogP) is 1.29.